The van der Waals surface area contributed by atoms with Gasteiger partial charge in [-0.15, -0.1) is 0 Å². The highest BCUT2D eigenvalue weighted by atomic mass is 16.2. The largest absolute Gasteiger partial charge is 0.334 e. The molecule has 2 aromatic heterocycles. The third-order valence-electron chi connectivity index (χ3n) is 4.96. The molecule has 2 aromatic rings. The molecule has 5 heteroatoms. The second kappa shape index (κ2) is 5.13. The van der Waals surface area contributed by atoms with Crippen LogP contribution in [0.3, 0.4) is 0 Å². The van der Waals surface area contributed by atoms with Crippen molar-refractivity contribution >= 4 is 11.7 Å². The van der Waals surface area contributed by atoms with E-state index in [4.69, 9.17) is 0 Å². The molecule has 1 aliphatic carbocycles. The van der Waals surface area contributed by atoms with Crippen molar-refractivity contribution in [1.82, 2.24) is 19.3 Å². The van der Waals surface area contributed by atoms with Crippen molar-refractivity contribution in [3.8, 4) is 0 Å². The van der Waals surface area contributed by atoms with Crippen molar-refractivity contribution in [3.63, 3.8) is 0 Å². The zero-order chi connectivity index (χ0) is 14.2. The number of imidazole rings is 1. The molecule has 0 spiro atoms. The van der Waals surface area contributed by atoms with Crippen molar-refractivity contribution in [2.24, 2.45) is 5.92 Å². The minimum Gasteiger partial charge on any atom is -0.334 e. The van der Waals surface area contributed by atoms with Crippen LogP contribution in [-0.2, 0) is 0 Å². The lowest BCUT2D eigenvalue weighted by Gasteiger charge is -2.43. The number of amides is 1. The van der Waals surface area contributed by atoms with E-state index >= 15 is 0 Å². The van der Waals surface area contributed by atoms with Gasteiger partial charge in [0.1, 0.15) is 5.69 Å². The van der Waals surface area contributed by atoms with E-state index in [2.05, 4.69) is 14.9 Å². The Hall–Kier alpha value is -1.91. The fourth-order valence-electron chi connectivity index (χ4n) is 3.96. The van der Waals surface area contributed by atoms with Crippen LogP contribution in [0.25, 0.3) is 5.78 Å². The first-order valence-corrected chi connectivity index (χ1v) is 7.93. The van der Waals surface area contributed by atoms with Gasteiger partial charge in [0.25, 0.3) is 5.91 Å². The molecule has 2 atom stereocenters. The maximum Gasteiger partial charge on any atom is 0.274 e. The van der Waals surface area contributed by atoms with Gasteiger partial charge in [0.15, 0.2) is 0 Å². The highest BCUT2D eigenvalue weighted by Crippen LogP contribution is 2.35. The number of nitrogens with zero attached hydrogens (tertiary/aromatic N) is 4. The molecule has 4 rings (SSSR count). The van der Waals surface area contributed by atoms with E-state index in [-0.39, 0.29) is 5.91 Å². The van der Waals surface area contributed by atoms with Crippen molar-refractivity contribution in [2.45, 2.75) is 44.6 Å². The molecule has 110 valence electrons. The Balaban J connectivity index is 1.63. The number of likely N-dealkylation sites (tertiary alicyclic amines) is 1. The lowest BCUT2D eigenvalue weighted by atomic mass is 9.78. The molecule has 1 saturated heterocycles. The van der Waals surface area contributed by atoms with Gasteiger partial charge in [-0.25, -0.2) is 9.97 Å². The van der Waals surface area contributed by atoms with Gasteiger partial charge in [-0.3, -0.25) is 9.20 Å². The predicted molar refractivity (Wildman–Crippen MR) is 79.0 cm³/mol. The monoisotopic (exact) mass is 284 g/mol. The third-order valence-corrected chi connectivity index (χ3v) is 4.96. The van der Waals surface area contributed by atoms with Gasteiger partial charge in [0.05, 0.1) is 0 Å². The Labute approximate surface area is 124 Å². The summed E-state index contributed by atoms with van der Waals surface area (Å²) >= 11 is 0. The van der Waals surface area contributed by atoms with E-state index in [1.807, 2.05) is 16.7 Å². The maximum atomic E-state index is 12.8. The molecule has 0 bridgehead atoms. The summed E-state index contributed by atoms with van der Waals surface area (Å²) in [5.41, 5.74) is 0.528. The number of hydrogen-bond acceptors (Lipinski definition) is 3. The standard InChI is InChI=1S/C16H20N4O/c21-15(13-11-19-9-4-8-17-16(19)18-13)20-10-3-6-12-5-1-2-7-14(12)20/h4,8-9,11-12,14H,1-3,5-7,10H2/t12-,14+/m0/s1. The minimum absolute atomic E-state index is 0.0806. The molecule has 2 aliphatic rings. The molecule has 0 radical (unpaired) electrons. The van der Waals surface area contributed by atoms with Crippen LogP contribution in [-0.4, -0.2) is 37.8 Å². The summed E-state index contributed by atoms with van der Waals surface area (Å²) in [6.45, 7) is 0.876. The lowest BCUT2D eigenvalue weighted by molar-refractivity contribution is 0.0386. The molecule has 3 heterocycles. The van der Waals surface area contributed by atoms with E-state index in [1.165, 1.54) is 25.7 Å². The number of aromatic nitrogens is 3. The summed E-state index contributed by atoms with van der Waals surface area (Å²) in [6.07, 6.45) is 12.8. The Kier molecular flexibility index (Phi) is 3.13. The van der Waals surface area contributed by atoms with E-state index in [0.717, 1.165) is 19.4 Å². The molecule has 0 unspecified atom stereocenters. The minimum atomic E-state index is 0.0806. The van der Waals surface area contributed by atoms with Crippen LogP contribution in [0.4, 0.5) is 0 Å². The normalized spacial score (nSPS) is 25.8. The molecular formula is C16H20N4O. The van der Waals surface area contributed by atoms with Gasteiger partial charge in [-0.05, 0) is 37.7 Å². The maximum absolute atomic E-state index is 12.8. The molecule has 21 heavy (non-hydrogen) atoms. The van der Waals surface area contributed by atoms with Crippen LogP contribution in [0.15, 0.2) is 24.7 Å². The summed E-state index contributed by atoms with van der Waals surface area (Å²) in [4.78, 5) is 23.5. The van der Waals surface area contributed by atoms with E-state index in [9.17, 15) is 4.79 Å². The van der Waals surface area contributed by atoms with E-state index in [1.54, 1.807) is 12.4 Å². The first kappa shape index (κ1) is 12.8. The number of hydrogen-bond donors (Lipinski definition) is 0. The highest BCUT2D eigenvalue weighted by molar-refractivity contribution is 5.93. The fraction of sp³-hybridized carbons (Fsp3) is 0.562. The molecule has 1 amide bonds. The third kappa shape index (κ3) is 2.20. The number of carbonyl (C=O) groups excluding carboxylic acids is 1. The highest BCUT2D eigenvalue weighted by Gasteiger charge is 2.36. The van der Waals surface area contributed by atoms with Gasteiger partial charge >= 0.3 is 0 Å². The number of rotatable bonds is 1. The van der Waals surface area contributed by atoms with Gasteiger partial charge < -0.3 is 4.90 Å². The van der Waals surface area contributed by atoms with Crippen molar-refractivity contribution in [2.75, 3.05) is 6.54 Å². The predicted octanol–water partition coefficient (Wildman–Crippen LogP) is 2.52. The molecule has 5 nitrogen and oxygen atoms in total. The van der Waals surface area contributed by atoms with Gasteiger partial charge in [0.2, 0.25) is 5.78 Å². The van der Waals surface area contributed by atoms with E-state index < -0.39 is 0 Å². The lowest BCUT2D eigenvalue weighted by Crippen LogP contribution is -2.49. The Bertz CT molecular complexity index is 630. The Morgan fingerprint density at radius 1 is 1.19 bits per heavy atom. The summed E-state index contributed by atoms with van der Waals surface area (Å²) in [5.74, 6) is 1.38. The Morgan fingerprint density at radius 3 is 2.95 bits per heavy atom. The van der Waals surface area contributed by atoms with Crippen LogP contribution in [0.1, 0.15) is 49.0 Å². The quantitative estimate of drug-likeness (QED) is 0.808. The summed E-state index contributed by atoms with van der Waals surface area (Å²) in [5, 5.41) is 0. The fourth-order valence-corrected chi connectivity index (χ4v) is 3.96. The van der Waals surface area contributed by atoms with Crippen molar-refractivity contribution < 1.29 is 4.79 Å². The van der Waals surface area contributed by atoms with Gasteiger partial charge in [0, 0.05) is 31.2 Å². The van der Waals surface area contributed by atoms with Crippen LogP contribution in [0, 0.1) is 5.92 Å². The zero-order valence-corrected chi connectivity index (χ0v) is 12.1. The van der Waals surface area contributed by atoms with Gasteiger partial charge in [-0.1, -0.05) is 12.8 Å². The molecule has 1 aliphatic heterocycles. The van der Waals surface area contributed by atoms with Crippen molar-refractivity contribution in [1.29, 1.82) is 0 Å². The van der Waals surface area contributed by atoms with Crippen LogP contribution in [0.5, 0.6) is 0 Å². The molecular weight excluding hydrogens is 264 g/mol. The summed E-state index contributed by atoms with van der Waals surface area (Å²) < 4.78 is 1.82. The second-order valence-corrected chi connectivity index (χ2v) is 6.21. The molecule has 0 N–H and O–H groups in total. The average molecular weight is 284 g/mol. The second-order valence-electron chi connectivity index (χ2n) is 6.21. The molecule has 1 saturated carbocycles. The first-order chi connectivity index (χ1) is 10.3. The van der Waals surface area contributed by atoms with Crippen LogP contribution < -0.4 is 0 Å². The number of carbonyl (C=O) groups is 1. The van der Waals surface area contributed by atoms with Gasteiger partial charge in [-0.2, -0.15) is 0 Å². The molecule has 2 fully saturated rings. The zero-order valence-electron chi connectivity index (χ0n) is 12.1. The van der Waals surface area contributed by atoms with E-state index in [0.29, 0.717) is 23.4 Å². The average Bonchev–Trinajstić information content (AvgIpc) is 2.97. The smallest absolute Gasteiger partial charge is 0.274 e. The number of piperidine rings is 1. The van der Waals surface area contributed by atoms with Crippen molar-refractivity contribution in [3.05, 3.63) is 30.4 Å². The SMILES string of the molecule is O=C(c1cn2cccnc2n1)N1CCC[C@@H]2CCCC[C@H]21. The summed E-state index contributed by atoms with van der Waals surface area (Å²) in [6, 6.07) is 2.28. The number of fused-ring (bicyclic) bond motifs is 2. The topological polar surface area (TPSA) is 50.5 Å². The first-order valence-electron chi connectivity index (χ1n) is 7.93. The van der Waals surface area contributed by atoms with Crippen LogP contribution >= 0.6 is 0 Å². The Morgan fingerprint density at radius 2 is 2.05 bits per heavy atom. The summed E-state index contributed by atoms with van der Waals surface area (Å²) in [7, 11) is 0. The van der Waals surface area contributed by atoms with Crippen LogP contribution in [0.2, 0.25) is 0 Å². The molecule has 0 aromatic carbocycles.